The highest BCUT2D eigenvalue weighted by Crippen LogP contribution is 2.15. The Bertz CT molecular complexity index is 223. The van der Waals surface area contributed by atoms with Gasteiger partial charge in [0.05, 0.1) is 10.7 Å². The Balaban J connectivity index is 2.31. The summed E-state index contributed by atoms with van der Waals surface area (Å²) >= 11 is 3.60. The fraction of sp³-hybridized carbons (Fsp3) is 0.625. The summed E-state index contributed by atoms with van der Waals surface area (Å²) in [6.45, 7) is 2.89. The van der Waals surface area contributed by atoms with Crippen LogP contribution in [0.5, 0.6) is 0 Å². The van der Waals surface area contributed by atoms with Crippen molar-refractivity contribution in [2.45, 2.75) is 19.1 Å². The van der Waals surface area contributed by atoms with Crippen LogP contribution >= 0.6 is 23.1 Å². The lowest BCUT2D eigenvalue weighted by Crippen LogP contribution is -2.01. The van der Waals surface area contributed by atoms with E-state index in [1.165, 1.54) is 10.7 Å². The van der Waals surface area contributed by atoms with Gasteiger partial charge in [-0.05, 0) is 6.42 Å². The predicted octanol–water partition coefficient (Wildman–Crippen LogP) is 1.90. The molecule has 4 heteroatoms. The lowest BCUT2D eigenvalue weighted by molar-refractivity contribution is 1.06. The molecule has 1 aromatic heterocycles. The van der Waals surface area contributed by atoms with Gasteiger partial charge in [0.2, 0.25) is 0 Å². The molecule has 0 bridgehead atoms. The zero-order valence-corrected chi connectivity index (χ0v) is 8.88. The third kappa shape index (κ3) is 3.13. The quantitative estimate of drug-likeness (QED) is 0.741. The van der Waals surface area contributed by atoms with Crippen molar-refractivity contribution in [3.05, 3.63) is 16.1 Å². The molecule has 1 heterocycles. The van der Waals surface area contributed by atoms with E-state index in [0.717, 1.165) is 24.5 Å². The Morgan fingerprint density at radius 1 is 1.67 bits per heavy atom. The molecule has 0 fully saturated rings. The Labute approximate surface area is 81.6 Å². The molecule has 2 nitrogen and oxygen atoms in total. The summed E-state index contributed by atoms with van der Waals surface area (Å²) in [7, 11) is 0. The Morgan fingerprint density at radius 2 is 2.50 bits per heavy atom. The van der Waals surface area contributed by atoms with Gasteiger partial charge < -0.3 is 5.73 Å². The van der Waals surface area contributed by atoms with Gasteiger partial charge in [0.25, 0.3) is 0 Å². The van der Waals surface area contributed by atoms with Crippen molar-refractivity contribution in [2.75, 3.05) is 12.3 Å². The molecule has 2 N–H and O–H groups in total. The van der Waals surface area contributed by atoms with Gasteiger partial charge in [-0.3, -0.25) is 0 Å². The second kappa shape index (κ2) is 5.56. The standard InChI is InChI=1S/C8H14N2S2/c1-2-8-10-7(6-12-8)5-11-4-3-9/h6H,2-5,9H2,1H3. The molecule has 0 amide bonds. The van der Waals surface area contributed by atoms with E-state index in [1.54, 1.807) is 11.3 Å². The first kappa shape index (κ1) is 10.0. The number of nitrogens with two attached hydrogens (primary N) is 1. The zero-order chi connectivity index (χ0) is 8.81. The van der Waals surface area contributed by atoms with E-state index in [0.29, 0.717) is 0 Å². The first-order valence-corrected chi connectivity index (χ1v) is 6.11. The van der Waals surface area contributed by atoms with Gasteiger partial charge in [-0.1, -0.05) is 6.92 Å². The molecule has 0 saturated heterocycles. The molecule has 0 aliphatic heterocycles. The number of thiazole rings is 1. The van der Waals surface area contributed by atoms with Crippen LogP contribution in [0.15, 0.2) is 5.38 Å². The molecule has 0 aliphatic rings. The average Bonchev–Trinajstić information content (AvgIpc) is 2.53. The molecular formula is C8H14N2S2. The molecule has 12 heavy (non-hydrogen) atoms. The van der Waals surface area contributed by atoms with E-state index in [1.807, 2.05) is 11.8 Å². The molecule has 0 aromatic carbocycles. The monoisotopic (exact) mass is 202 g/mol. The summed E-state index contributed by atoms with van der Waals surface area (Å²) in [5.74, 6) is 2.03. The lowest BCUT2D eigenvalue weighted by Gasteiger charge is -1.94. The fourth-order valence-corrected chi connectivity index (χ4v) is 2.36. The molecular weight excluding hydrogens is 188 g/mol. The van der Waals surface area contributed by atoms with E-state index < -0.39 is 0 Å². The summed E-state index contributed by atoms with van der Waals surface area (Å²) in [6.07, 6.45) is 1.05. The molecule has 0 aliphatic carbocycles. The molecule has 1 aromatic rings. The van der Waals surface area contributed by atoms with Gasteiger partial charge in [0.1, 0.15) is 0 Å². The van der Waals surface area contributed by atoms with Crippen molar-refractivity contribution in [2.24, 2.45) is 5.73 Å². The largest absolute Gasteiger partial charge is 0.330 e. The molecule has 1 rings (SSSR count). The van der Waals surface area contributed by atoms with E-state index in [9.17, 15) is 0 Å². The normalized spacial score (nSPS) is 10.5. The second-order valence-corrected chi connectivity index (χ2v) is 4.48. The van der Waals surface area contributed by atoms with Crippen LogP contribution in [0.2, 0.25) is 0 Å². The van der Waals surface area contributed by atoms with Crippen LogP contribution in [-0.2, 0) is 12.2 Å². The number of nitrogens with zero attached hydrogens (tertiary/aromatic N) is 1. The Kier molecular flexibility index (Phi) is 4.65. The molecule has 0 spiro atoms. The van der Waals surface area contributed by atoms with E-state index in [2.05, 4.69) is 17.3 Å². The van der Waals surface area contributed by atoms with Crippen LogP contribution in [0.4, 0.5) is 0 Å². The summed E-state index contributed by atoms with van der Waals surface area (Å²) in [5.41, 5.74) is 6.59. The first-order valence-electron chi connectivity index (χ1n) is 4.08. The average molecular weight is 202 g/mol. The predicted molar refractivity (Wildman–Crippen MR) is 56.7 cm³/mol. The number of aryl methyl sites for hydroxylation is 1. The minimum Gasteiger partial charge on any atom is -0.330 e. The summed E-state index contributed by atoms with van der Waals surface area (Å²) < 4.78 is 0. The van der Waals surface area contributed by atoms with Crippen LogP contribution < -0.4 is 5.73 Å². The third-order valence-corrected chi connectivity index (χ3v) is 3.48. The van der Waals surface area contributed by atoms with Crippen molar-refractivity contribution in [3.63, 3.8) is 0 Å². The molecule has 0 saturated carbocycles. The van der Waals surface area contributed by atoms with Gasteiger partial charge in [-0.2, -0.15) is 11.8 Å². The maximum Gasteiger partial charge on any atom is 0.0925 e. The van der Waals surface area contributed by atoms with Crippen LogP contribution in [0.3, 0.4) is 0 Å². The second-order valence-electron chi connectivity index (χ2n) is 2.43. The van der Waals surface area contributed by atoms with Crippen molar-refractivity contribution < 1.29 is 0 Å². The summed E-state index contributed by atoms with van der Waals surface area (Å²) in [4.78, 5) is 4.46. The van der Waals surface area contributed by atoms with Crippen LogP contribution in [-0.4, -0.2) is 17.3 Å². The van der Waals surface area contributed by atoms with Crippen molar-refractivity contribution in [1.82, 2.24) is 4.98 Å². The van der Waals surface area contributed by atoms with Gasteiger partial charge in [0, 0.05) is 23.4 Å². The number of thioether (sulfide) groups is 1. The topological polar surface area (TPSA) is 38.9 Å². The minimum atomic E-state index is 0.759. The highest BCUT2D eigenvalue weighted by molar-refractivity contribution is 7.98. The molecule has 0 radical (unpaired) electrons. The maximum atomic E-state index is 5.39. The molecule has 68 valence electrons. The Hall–Kier alpha value is -0.0600. The van der Waals surface area contributed by atoms with E-state index >= 15 is 0 Å². The number of hydrogen-bond donors (Lipinski definition) is 1. The van der Waals surface area contributed by atoms with Gasteiger partial charge >= 0.3 is 0 Å². The third-order valence-electron chi connectivity index (χ3n) is 1.41. The zero-order valence-electron chi connectivity index (χ0n) is 7.25. The van der Waals surface area contributed by atoms with Gasteiger partial charge in [-0.15, -0.1) is 11.3 Å². The summed E-state index contributed by atoms with van der Waals surface area (Å²) in [6, 6.07) is 0. The minimum absolute atomic E-state index is 0.759. The van der Waals surface area contributed by atoms with Crippen LogP contribution in [0.25, 0.3) is 0 Å². The first-order chi connectivity index (χ1) is 5.86. The highest BCUT2D eigenvalue weighted by atomic mass is 32.2. The number of aromatic nitrogens is 1. The van der Waals surface area contributed by atoms with Crippen LogP contribution in [0, 0.1) is 0 Å². The van der Waals surface area contributed by atoms with Crippen molar-refractivity contribution in [3.8, 4) is 0 Å². The lowest BCUT2D eigenvalue weighted by atomic mass is 10.5. The number of hydrogen-bond acceptors (Lipinski definition) is 4. The van der Waals surface area contributed by atoms with E-state index in [4.69, 9.17) is 5.73 Å². The Morgan fingerprint density at radius 3 is 3.08 bits per heavy atom. The van der Waals surface area contributed by atoms with Crippen molar-refractivity contribution >= 4 is 23.1 Å². The molecule has 0 unspecified atom stereocenters. The van der Waals surface area contributed by atoms with E-state index in [-0.39, 0.29) is 0 Å². The number of rotatable bonds is 5. The smallest absolute Gasteiger partial charge is 0.0925 e. The highest BCUT2D eigenvalue weighted by Gasteiger charge is 1.98. The maximum absolute atomic E-state index is 5.39. The SMILES string of the molecule is CCc1nc(CSCCN)cs1. The fourth-order valence-electron chi connectivity index (χ4n) is 0.838. The van der Waals surface area contributed by atoms with Crippen molar-refractivity contribution in [1.29, 1.82) is 0 Å². The summed E-state index contributed by atoms with van der Waals surface area (Å²) in [5, 5.41) is 3.38. The van der Waals surface area contributed by atoms with Gasteiger partial charge in [-0.25, -0.2) is 4.98 Å². The molecule has 0 atom stereocenters. The van der Waals surface area contributed by atoms with Gasteiger partial charge in [0.15, 0.2) is 0 Å². The van der Waals surface area contributed by atoms with Crippen LogP contribution in [0.1, 0.15) is 17.6 Å².